The molecule has 5 rings (SSSR count). The van der Waals surface area contributed by atoms with E-state index < -0.39 is 18.6 Å². The summed E-state index contributed by atoms with van der Waals surface area (Å²) in [5, 5.41) is 0. The Labute approximate surface area is 201 Å². The second-order valence-electron chi connectivity index (χ2n) is 9.59. The molecule has 0 spiro atoms. The van der Waals surface area contributed by atoms with Gasteiger partial charge in [0.1, 0.15) is 17.9 Å². The first-order chi connectivity index (χ1) is 16.6. The van der Waals surface area contributed by atoms with E-state index in [1.54, 1.807) is 12.3 Å². The minimum absolute atomic E-state index is 0.0130. The number of anilines is 1. The molecule has 2 aliphatic rings. The number of rotatable bonds is 6. The maximum Gasteiger partial charge on any atom is 0.406 e. The number of fused-ring (bicyclic) bond motifs is 2. The molecule has 0 radical (unpaired) electrons. The third-order valence-electron chi connectivity index (χ3n) is 6.66. The second-order valence-corrected chi connectivity index (χ2v) is 9.59. The van der Waals surface area contributed by atoms with Crippen LogP contribution in [0, 0.1) is 5.92 Å². The van der Waals surface area contributed by atoms with Crippen LogP contribution in [0.5, 0.6) is 5.75 Å². The van der Waals surface area contributed by atoms with E-state index in [0.717, 1.165) is 47.1 Å². The van der Waals surface area contributed by atoms with Crippen LogP contribution in [0.4, 0.5) is 18.9 Å². The second kappa shape index (κ2) is 8.75. The molecule has 10 heteroatoms. The van der Waals surface area contributed by atoms with Gasteiger partial charge in [-0.15, -0.1) is 0 Å². The van der Waals surface area contributed by atoms with E-state index in [2.05, 4.69) is 41.0 Å². The van der Waals surface area contributed by atoms with E-state index in [1.165, 1.54) is 7.11 Å². The van der Waals surface area contributed by atoms with Crippen LogP contribution in [0.3, 0.4) is 0 Å². The highest BCUT2D eigenvalue weighted by atomic mass is 19.4. The first-order valence-electron chi connectivity index (χ1n) is 11.6. The summed E-state index contributed by atoms with van der Waals surface area (Å²) in [4.78, 5) is 22.8. The molecule has 1 amide bonds. The van der Waals surface area contributed by atoms with E-state index in [-0.39, 0.29) is 17.9 Å². The molecule has 1 aromatic carbocycles. The topological polar surface area (TPSA) is 53.3 Å². The Kier molecular flexibility index (Phi) is 5.86. The van der Waals surface area contributed by atoms with Gasteiger partial charge in [0.05, 0.1) is 24.6 Å². The van der Waals surface area contributed by atoms with Crippen molar-refractivity contribution in [3.05, 3.63) is 47.8 Å². The van der Waals surface area contributed by atoms with Gasteiger partial charge in [0.15, 0.2) is 0 Å². The van der Waals surface area contributed by atoms with Crippen LogP contribution < -0.4 is 9.64 Å². The zero-order chi connectivity index (χ0) is 24.9. The first-order valence-corrected chi connectivity index (χ1v) is 11.6. The number of hydrogen-bond acceptors (Lipinski definition) is 5. The van der Waals surface area contributed by atoms with Crippen molar-refractivity contribution in [1.29, 1.82) is 0 Å². The Balaban J connectivity index is 1.42. The van der Waals surface area contributed by atoms with Gasteiger partial charge in [-0.2, -0.15) is 13.2 Å². The maximum absolute atomic E-state index is 12.9. The molecule has 35 heavy (non-hydrogen) atoms. The fraction of sp³-hybridized carbons (Fsp3) is 0.440. The molecule has 1 saturated heterocycles. The van der Waals surface area contributed by atoms with Gasteiger partial charge in [0, 0.05) is 55.6 Å². The van der Waals surface area contributed by atoms with Crippen molar-refractivity contribution in [3.8, 4) is 17.0 Å². The smallest absolute Gasteiger partial charge is 0.406 e. The van der Waals surface area contributed by atoms with E-state index in [1.807, 2.05) is 16.7 Å². The Bertz CT molecular complexity index is 1250. The molecular formula is C25H28F3N5O2. The number of pyridine rings is 1. The Morgan fingerprint density at radius 3 is 2.66 bits per heavy atom. The lowest BCUT2D eigenvalue weighted by Gasteiger charge is -2.42. The number of ether oxygens (including phenoxy) is 1. The number of methoxy groups -OCH3 is 1. The molecule has 0 N–H and O–H groups in total. The first kappa shape index (κ1) is 23.5. The summed E-state index contributed by atoms with van der Waals surface area (Å²) in [6, 6.07) is 7.69. The van der Waals surface area contributed by atoms with Crippen molar-refractivity contribution >= 4 is 17.2 Å². The van der Waals surface area contributed by atoms with Crippen LogP contribution in [0.25, 0.3) is 16.9 Å². The number of imidazole rings is 1. The van der Waals surface area contributed by atoms with Gasteiger partial charge in [-0.1, -0.05) is 0 Å². The Morgan fingerprint density at radius 1 is 1.20 bits per heavy atom. The van der Waals surface area contributed by atoms with Crippen molar-refractivity contribution in [3.63, 3.8) is 0 Å². The SMILES string of the molecule is COc1cc(-c2cnc3cc(N4CC(CN(C)C)C4)ccn23)cc2c1C(=O)N(CC(F)(F)F)CC2. The number of hydrogen-bond donors (Lipinski definition) is 0. The largest absolute Gasteiger partial charge is 0.496 e. The lowest BCUT2D eigenvalue weighted by Crippen LogP contribution is -2.50. The van der Waals surface area contributed by atoms with Crippen LogP contribution in [-0.4, -0.2) is 85.2 Å². The van der Waals surface area contributed by atoms with Crippen molar-refractivity contribution in [2.45, 2.75) is 12.6 Å². The predicted octanol–water partition coefficient (Wildman–Crippen LogP) is 3.57. The number of alkyl halides is 3. The fourth-order valence-electron chi connectivity index (χ4n) is 5.10. The average molecular weight is 488 g/mol. The molecular weight excluding hydrogens is 459 g/mol. The number of carbonyl (C=O) groups is 1. The maximum atomic E-state index is 12.9. The highest BCUT2D eigenvalue weighted by molar-refractivity contribution is 6.00. The van der Waals surface area contributed by atoms with Crippen molar-refractivity contribution in [2.24, 2.45) is 5.92 Å². The lowest BCUT2D eigenvalue weighted by molar-refractivity contribution is -0.141. The van der Waals surface area contributed by atoms with Gasteiger partial charge in [-0.25, -0.2) is 4.98 Å². The number of nitrogens with zero attached hydrogens (tertiary/aromatic N) is 5. The Morgan fingerprint density at radius 2 is 1.97 bits per heavy atom. The molecule has 2 aliphatic heterocycles. The molecule has 0 atom stereocenters. The highest BCUT2D eigenvalue weighted by Crippen LogP contribution is 2.36. The van der Waals surface area contributed by atoms with Gasteiger partial charge >= 0.3 is 6.18 Å². The van der Waals surface area contributed by atoms with Crippen LogP contribution in [0.1, 0.15) is 15.9 Å². The van der Waals surface area contributed by atoms with E-state index in [9.17, 15) is 18.0 Å². The average Bonchev–Trinajstić information content (AvgIpc) is 3.19. The van der Waals surface area contributed by atoms with Gasteiger partial charge in [-0.3, -0.25) is 9.20 Å². The van der Waals surface area contributed by atoms with E-state index in [4.69, 9.17) is 4.74 Å². The van der Waals surface area contributed by atoms with Gasteiger partial charge < -0.3 is 19.4 Å². The number of aromatic nitrogens is 2. The molecule has 0 unspecified atom stereocenters. The number of carbonyl (C=O) groups excluding carboxylic acids is 1. The third-order valence-corrected chi connectivity index (χ3v) is 6.66. The summed E-state index contributed by atoms with van der Waals surface area (Å²) in [6.45, 7) is 1.85. The minimum Gasteiger partial charge on any atom is -0.496 e. The zero-order valence-corrected chi connectivity index (χ0v) is 20.0. The van der Waals surface area contributed by atoms with Gasteiger partial charge in [-0.05, 0) is 44.3 Å². The van der Waals surface area contributed by atoms with Crippen LogP contribution >= 0.6 is 0 Å². The number of amides is 1. The molecule has 186 valence electrons. The number of benzene rings is 1. The molecule has 7 nitrogen and oxygen atoms in total. The minimum atomic E-state index is -4.45. The lowest BCUT2D eigenvalue weighted by atomic mass is 9.94. The molecule has 0 saturated carbocycles. The molecule has 3 aromatic rings. The van der Waals surface area contributed by atoms with Crippen molar-refractivity contribution < 1.29 is 22.7 Å². The summed E-state index contributed by atoms with van der Waals surface area (Å²) in [5.74, 6) is 0.277. The van der Waals surface area contributed by atoms with E-state index in [0.29, 0.717) is 17.9 Å². The summed E-state index contributed by atoms with van der Waals surface area (Å²) < 4.78 is 46.1. The van der Waals surface area contributed by atoms with Crippen molar-refractivity contribution in [1.82, 2.24) is 19.2 Å². The van der Waals surface area contributed by atoms with Crippen LogP contribution in [0.15, 0.2) is 36.7 Å². The van der Waals surface area contributed by atoms with E-state index >= 15 is 0 Å². The Hall–Kier alpha value is -3.27. The predicted molar refractivity (Wildman–Crippen MR) is 127 cm³/mol. The van der Waals surface area contributed by atoms with Crippen molar-refractivity contribution in [2.75, 3.05) is 58.8 Å². The zero-order valence-electron chi connectivity index (χ0n) is 20.0. The molecule has 4 heterocycles. The third kappa shape index (κ3) is 4.54. The van der Waals surface area contributed by atoms with Gasteiger partial charge in [0.25, 0.3) is 5.91 Å². The highest BCUT2D eigenvalue weighted by Gasteiger charge is 2.37. The van der Waals surface area contributed by atoms with Crippen LogP contribution in [-0.2, 0) is 6.42 Å². The normalized spacial score (nSPS) is 16.7. The standard InChI is InChI=1S/C25H28F3N5O2/c1-30(2)12-16-13-32(14-16)19-5-7-33-20(11-29-22(33)10-19)18-8-17-4-6-31(15-25(26,27)28)24(34)23(17)21(9-18)35-3/h5,7-11,16H,4,6,12-15H2,1-3H3. The fourth-order valence-corrected chi connectivity index (χ4v) is 5.10. The quantitative estimate of drug-likeness (QED) is 0.532. The summed E-state index contributed by atoms with van der Waals surface area (Å²) in [6.07, 6.45) is -0.370. The molecule has 2 aromatic heterocycles. The summed E-state index contributed by atoms with van der Waals surface area (Å²) in [7, 11) is 5.60. The van der Waals surface area contributed by atoms with Crippen LogP contribution in [0.2, 0.25) is 0 Å². The monoisotopic (exact) mass is 487 g/mol. The molecule has 0 aliphatic carbocycles. The molecule has 0 bridgehead atoms. The molecule has 1 fully saturated rings. The summed E-state index contributed by atoms with van der Waals surface area (Å²) >= 11 is 0. The summed E-state index contributed by atoms with van der Waals surface area (Å²) in [5.41, 5.74) is 4.44. The van der Waals surface area contributed by atoms with Gasteiger partial charge in [0.2, 0.25) is 0 Å². The number of halogens is 3.